The highest BCUT2D eigenvalue weighted by Gasteiger charge is 2.11. The summed E-state index contributed by atoms with van der Waals surface area (Å²) in [5, 5.41) is 8.80. The number of benzene rings is 1. The molecule has 1 aromatic rings. The molecule has 3 heteroatoms. The zero-order valence-corrected chi connectivity index (χ0v) is 11.4. The number of hydrogen-bond acceptors (Lipinski definition) is 2. The lowest BCUT2D eigenvalue weighted by atomic mass is 10.0. The Kier molecular flexibility index (Phi) is 6.44. The van der Waals surface area contributed by atoms with Crippen LogP contribution < -0.4 is 0 Å². The molecular weight excluding hydrogens is 226 g/mol. The van der Waals surface area contributed by atoms with Crippen molar-refractivity contribution in [2.45, 2.75) is 33.1 Å². The molecule has 0 spiro atoms. The van der Waals surface area contributed by atoms with E-state index in [1.165, 1.54) is 11.1 Å². The Hall–Kier alpha value is -1.35. The average molecular weight is 249 g/mol. The van der Waals surface area contributed by atoms with Gasteiger partial charge in [0.1, 0.15) is 0 Å². The Morgan fingerprint density at radius 1 is 1.33 bits per heavy atom. The molecule has 0 aliphatic rings. The number of rotatable bonds is 7. The fraction of sp³-hybridized carbons (Fsp3) is 0.533. The molecule has 0 radical (unpaired) electrons. The zero-order chi connectivity index (χ0) is 13.4. The van der Waals surface area contributed by atoms with Crippen molar-refractivity contribution in [2.24, 2.45) is 0 Å². The first kappa shape index (κ1) is 14.7. The molecule has 3 nitrogen and oxygen atoms in total. The molecule has 0 atom stereocenters. The van der Waals surface area contributed by atoms with Gasteiger partial charge in [-0.15, -0.1) is 0 Å². The van der Waals surface area contributed by atoms with Gasteiger partial charge in [-0.05, 0) is 37.8 Å². The van der Waals surface area contributed by atoms with Gasteiger partial charge >= 0.3 is 0 Å². The average Bonchev–Trinajstić information content (AvgIpc) is 2.38. The van der Waals surface area contributed by atoms with Gasteiger partial charge in [0.15, 0.2) is 0 Å². The minimum absolute atomic E-state index is 0.140. The molecule has 100 valence electrons. The number of nitrogens with zero attached hydrogens (tertiary/aromatic N) is 1. The van der Waals surface area contributed by atoms with E-state index >= 15 is 0 Å². The molecule has 1 N–H and O–H groups in total. The number of carbonyl (C=O) groups is 1. The van der Waals surface area contributed by atoms with E-state index in [0.717, 1.165) is 6.42 Å². The molecule has 1 amide bonds. The lowest BCUT2D eigenvalue weighted by Crippen LogP contribution is -2.32. The Morgan fingerprint density at radius 2 is 2.06 bits per heavy atom. The second kappa shape index (κ2) is 7.88. The van der Waals surface area contributed by atoms with Gasteiger partial charge in [0.2, 0.25) is 5.91 Å². The van der Waals surface area contributed by atoms with E-state index in [4.69, 9.17) is 5.11 Å². The van der Waals surface area contributed by atoms with Crippen LogP contribution in [0.5, 0.6) is 0 Å². The van der Waals surface area contributed by atoms with Gasteiger partial charge in [0.25, 0.3) is 0 Å². The normalized spacial score (nSPS) is 10.4. The highest BCUT2D eigenvalue weighted by Crippen LogP contribution is 2.10. The maximum Gasteiger partial charge on any atom is 0.222 e. The van der Waals surface area contributed by atoms with E-state index in [1.54, 1.807) is 0 Å². The smallest absolute Gasteiger partial charge is 0.222 e. The van der Waals surface area contributed by atoms with Crippen molar-refractivity contribution in [3.05, 3.63) is 35.4 Å². The standard InChI is InChI=1S/C15H23NO2/c1-3-16(11-6-12-17)15(18)10-9-14-8-5-4-7-13(14)2/h4-5,7-8,17H,3,6,9-12H2,1-2H3. The summed E-state index contributed by atoms with van der Waals surface area (Å²) in [7, 11) is 0. The molecule has 1 rings (SSSR count). The van der Waals surface area contributed by atoms with Crippen LogP contribution >= 0.6 is 0 Å². The summed E-state index contributed by atoms with van der Waals surface area (Å²) in [6, 6.07) is 8.17. The van der Waals surface area contributed by atoms with Crippen LogP contribution in [0.2, 0.25) is 0 Å². The van der Waals surface area contributed by atoms with Crippen molar-refractivity contribution in [3.63, 3.8) is 0 Å². The van der Waals surface area contributed by atoms with E-state index in [1.807, 2.05) is 24.0 Å². The molecule has 0 saturated carbocycles. The van der Waals surface area contributed by atoms with Gasteiger partial charge in [-0.2, -0.15) is 0 Å². The summed E-state index contributed by atoms with van der Waals surface area (Å²) in [6.45, 7) is 5.56. The molecule has 0 aromatic heterocycles. The second-order valence-electron chi connectivity index (χ2n) is 4.48. The van der Waals surface area contributed by atoms with Crippen LogP contribution in [0.15, 0.2) is 24.3 Å². The highest BCUT2D eigenvalue weighted by atomic mass is 16.3. The van der Waals surface area contributed by atoms with Crippen molar-refractivity contribution in [3.8, 4) is 0 Å². The Labute approximate surface area is 109 Å². The second-order valence-corrected chi connectivity index (χ2v) is 4.48. The van der Waals surface area contributed by atoms with Crippen LogP contribution in [0.25, 0.3) is 0 Å². The lowest BCUT2D eigenvalue weighted by molar-refractivity contribution is -0.131. The number of carbonyl (C=O) groups excluding carboxylic acids is 1. The fourth-order valence-electron chi connectivity index (χ4n) is 2.01. The van der Waals surface area contributed by atoms with Crippen LogP contribution in [-0.4, -0.2) is 35.6 Å². The molecule has 0 bridgehead atoms. The SMILES string of the molecule is CCN(CCCO)C(=O)CCc1ccccc1C. The predicted molar refractivity (Wildman–Crippen MR) is 73.5 cm³/mol. The largest absolute Gasteiger partial charge is 0.396 e. The molecule has 0 saturated heterocycles. The minimum Gasteiger partial charge on any atom is -0.396 e. The van der Waals surface area contributed by atoms with E-state index < -0.39 is 0 Å². The Bertz CT molecular complexity index is 377. The summed E-state index contributed by atoms with van der Waals surface area (Å²) in [4.78, 5) is 13.8. The topological polar surface area (TPSA) is 40.5 Å². The number of aliphatic hydroxyl groups excluding tert-OH is 1. The number of hydrogen-bond donors (Lipinski definition) is 1. The van der Waals surface area contributed by atoms with Gasteiger partial charge in [-0.3, -0.25) is 4.79 Å². The fourth-order valence-corrected chi connectivity index (χ4v) is 2.01. The summed E-state index contributed by atoms with van der Waals surface area (Å²) in [6.07, 6.45) is 2.00. The lowest BCUT2D eigenvalue weighted by Gasteiger charge is -2.20. The van der Waals surface area contributed by atoms with Crippen LogP contribution in [0.4, 0.5) is 0 Å². The summed E-state index contributed by atoms with van der Waals surface area (Å²) >= 11 is 0. The molecular formula is C15H23NO2. The molecule has 0 aliphatic carbocycles. The summed E-state index contributed by atoms with van der Waals surface area (Å²) < 4.78 is 0. The Balaban J connectivity index is 2.47. The first-order valence-corrected chi connectivity index (χ1v) is 6.62. The van der Waals surface area contributed by atoms with Crippen LogP contribution in [0.3, 0.4) is 0 Å². The van der Waals surface area contributed by atoms with Gasteiger partial charge in [-0.25, -0.2) is 0 Å². The molecule has 0 heterocycles. The molecule has 1 aromatic carbocycles. The van der Waals surface area contributed by atoms with Crippen molar-refractivity contribution in [1.29, 1.82) is 0 Å². The van der Waals surface area contributed by atoms with Crippen LogP contribution in [0.1, 0.15) is 30.9 Å². The van der Waals surface area contributed by atoms with E-state index in [-0.39, 0.29) is 12.5 Å². The van der Waals surface area contributed by atoms with Gasteiger partial charge in [0.05, 0.1) is 0 Å². The number of aliphatic hydroxyl groups is 1. The first-order valence-electron chi connectivity index (χ1n) is 6.62. The first-order chi connectivity index (χ1) is 8.69. The minimum atomic E-state index is 0.140. The van der Waals surface area contributed by atoms with Crippen LogP contribution in [-0.2, 0) is 11.2 Å². The summed E-state index contributed by atoms with van der Waals surface area (Å²) in [5.74, 6) is 0.175. The van der Waals surface area contributed by atoms with Crippen LogP contribution in [0, 0.1) is 6.92 Å². The third kappa shape index (κ3) is 4.49. The third-order valence-corrected chi connectivity index (χ3v) is 3.19. The molecule has 0 fully saturated rings. The molecule has 0 aliphatic heterocycles. The third-order valence-electron chi connectivity index (χ3n) is 3.19. The van der Waals surface area contributed by atoms with Gasteiger partial charge < -0.3 is 10.0 Å². The quantitative estimate of drug-likeness (QED) is 0.804. The van der Waals surface area contributed by atoms with Gasteiger partial charge in [-0.1, -0.05) is 24.3 Å². The van der Waals surface area contributed by atoms with E-state index in [0.29, 0.717) is 25.9 Å². The maximum atomic E-state index is 12.0. The summed E-state index contributed by atoms with van der Waals surface area (Å²) in [5.41, 5.74) is 2.48. The number of amides is 1. The predicted octanol–water partition coefficient (Wildman–Crippen LogP) is 2.16. The zero-order valence-electron chi connectivity index (χ0n) is 11.4. The monoisotopic (exact) mass is 249 g/mol. The maximum absolute atomic E-state index is 12.0. The van der Waals surface area contributed by atoms with Crippen molar-refractivity contribution in [1.82, 2.24) is 4.90 Å². The Morgan fingerprint density at radius 3 is 2.67 bits per heavy atom. The van der Waals surface area contributed by atoms with Crippen molar-refractivity contribution < 1.29 is 9.90 Å². The molecule has 0 unspecified atom stereocenters. The van der Waals surface area contributed by atoms with Gasteiger partial charge in [0, 0.05) is 26.1 Å². The van der Waals surface area contributed by atoms with Crippen molar-refractivity contribution >= 4 is 5.91 Å². The van der Waals surface area contributed by atoms with E-state index in [2.05, 4.69) is 19.1 Å². The highest BCUT2D eigenvalue weighted by molar-refractivity contribution is 5.76. The van der Waals surface area contributed by atoms with E-state index in [9.17, 15) is 4.79 Å². The molecule has 18 heavy (non-hydrogen) atoms. The van der Waals surface area contributed by atoms with Crippen molar-refractivity contribution in [2.75, 3.05) is 19.7 Å². The number of aryl methyl sites for hydroxylation is 2.